The highest BCUT2D eigenvalue weighted by Crippen LogP contribution is 2.28. The molecule has 1 amide bonds. The summed E-state index contributed by atoms with van der Waals surface area (Å²) in [4.78, 5) is 21.6. The number of aromatic nitrogens is 1. The van der Waals surface area contributed by atoms with Crippen LogP contribution in [0, 0.1) is 0 Å². The van der Waals surface area contributed by atoms with Crippen LogP contribution in [0.5, 0.6) is 11.6 Å². The van der Waals surface area contributed by atoms with E-state index in [9.17, 15) is 4.79 Å². The molecule has 4 rings (SSSR count). The molecule has 5 nitrogen and oxygen atoms in total. The second-order valence-electron chi connectivity index (χ2n) is 6.33. The lowest BCUT2D eigenvalue weighted by Gasteiger charge is -2.34. The number of benzene rings is 1. The molecule has 5 heteroatoms. The summed E-state index contributed by atoms with van der Waals surface area (Å²) in [6.07, 6.45) is 4.28. The Morgan fingerprint density at radius 3 is 2.46 bits per heavy atom. The highest BCUT2D eigenvalue weighted by Gasteiger charge is 2.33. The van der Waals surface area contributed by atoms with E-state index in [1.165, 1.54) is 12.8 Å². The number of carbonyl (C=O) groups excluding carboxylic acids is 1. The van der Waals surface area contributed by atoms with Gasteiger partial charge in [-0.1, -0.05) is 18.2 Å². The topological polar surface area (TPSA) is 45.7 Å². The number of piperazine rings is 1. The molecule has 124 valence electrons. The van der Waals surface area contributed by atoms with Crippen LogP contribution >= 0.6 is 0 Å². The molecule has 0 unspecified atom stereocenters. The largest absolute Gasteiger partial charge is 0.438 e. The summed E-state index contributed by atoms with van der Waals surface area (Å²) in [5, 5.41) is 0. The standard InChI is InChI=1S/C19H21N3O2/c23-19(22-13-11-21(12-14-22)15-8-9-15)17-7-4-10-20-18(17)24-16-5-2-1-3-6-16/h1-7,10,15H,8-9,11-14H2. The van der Waals surface area contributed by atoms with Crippen LogP contribution in [0.2, 0.25) is 0 Å². The third-order valence-electron chi connectivity index (χ3n) is 4.62. The first-order chi connectivity index (χ1) is 11.8. The number of rotatable bonds is 4. The monoisotopic (exact) mass is 323 g/mol. The van der Waals surface area contributed by atoms with Crippen LogP contribution in [0.25, 0.3) is 0 Å². The van der Waals surface area contributed by atoms with Crippen LogP contribution in [0.1, 0.15) is 23.2 Å². The highest BCUT2D eigenvalue weighted by atomic mass is 16.5. The molecule has 0 atom stereocenters. The second kappa shape index (κ2) is 6.61. The van der Waals surface area contributed by atoms with E-state index in [0.717, 1.165) is 32.2 Å². The fourth-order valence-corrected chi connectivity index (χ4v) is 3.14. The smallest absolute Gasteiger partial charge is 0.259 e. The third kappa shape index (κ3) is 3.26. The summed E-state index contributed by atoms with van der Waals surface area (Å²) in [6.45, 7) is 3.47. The number of pyridine rings is 1. The predicted molar refractivity (Wildman–Crippen MR) is 91.3 cm³/mol. The molecular weight excluding hydrogens is 302 g/mol. The normalized spacial score (nSPS) is 18.4. The molecule has 2 aromatic rings. The summed E-state index contributed by atoms with van der Waals surface area (Å²) in [7, 11) is 0. The summed E-state index contributed by atoms with van der Waals surface area (Å²) >= 11 is 0. The van der Waals surface area contributed by atoms with Gasteiger partial charge in [0.05, 0.1) is 0 Å². The first-order valence-electron chi connectivity index (χ1n) is 8.52. The van der Waals surface area contributed by atoms with Gasteiger partial charge in [0.2, 0.25) is 5.88 Å². The van der Waals surface area contributed by atoms with Gasteiger partial charge in [-0.25, -0.2) is 4.98 Å². The van der Waals surface area contributed by atoms with Crippen molar-refractivity contribution in [1.29, 1.82) is 0 Å². The maximum absolute atomic E-state index is 12.9. The van der Waals surface area contributed by atoms with Gasteiger partial charge >= 0.3 is 0 Å². The van der Waals surface area contributed by atoms with E-state index in [4.69, 9.17) is 4.74 Å². The molecule has 1 aromatic carbocycles. The van der Waals surface area contributed by atoms with E-state index in [1.807, 2.05) is 35.2 Å². The molecule has 2 aliphatic rings. The number of nitrogens with zero attached hydrogens (tertiary/aromatic N) is 3. The van der Waals surface area contributed by atoms with E-state index >= 15 is 0 Å². The summed E-state index contributed by atoms with van der Waals surface area (Å²) < 4.78 is 5.82. The quantitative estimate of drug-likeness (QED) is 0.868. The van der Waals surface area contributed by atoms with Gasteiger partial charge in [-0.15, -0.1) is 0 Å². The molecule has 24 heavy (non-hydrogen) atoms. The summed E-state index contributed by atoms with van der Waals surface area (Å²) in [5.41, 5.74) is 0.529. The molecular formula is C19H21N3O2. The van der Waals surface area contributed by atoms with Crippen molar-refractivity contribution in [3.05, 3.63) is 54.2 Å². The Bertz CT molecular complexity index is 708. The molecule has 1 saturated carbocycles. The van der Waals surface area contributed by atoms with Crippen molar-refractivity contribution in [2.45, 2.75) is 18.9 Å². The van der Waals surface area contributed by atoms with Gasteiger partial charge in [-0.3, -0.25) is 9.69 Å². The molecule has 0 bridgehead atoms. The van der Waals surface area contributed by atoms with Crippen molar-refractivity contribution in [3.63, 3.8) is 0 Å². The fourth-order valence-electron chi connectivity index (χ4n) is 3.14. The molecule has 0 spiro atoms. The number of amides is 1. The van der Waals surface area contributed by atoms with Crippen LogP contribution in [0.15, 0.2) is 48.7 Å². The number of hydrogen-bond donors (Lipinski definition) is 0. The Hall–Kier alpha value is -2.40. The fraction of sp³-hybridized carbons (Fsp3) is 0.368. The van der Waals surface area contributed by atoms with Crippen LogP contribution in [-0.2, 0) is 0 Å². The van der Waals surface area contributed by atoms with Crippen molar-refractivity contribution in [2.75, 3.05) is 26.2 Å². The van der Waals surface area contributed by atoms with E-state index in [2.05, 4.69) is 9.88 Å². The maximum Gasteiger partial charge on any atom is 0.259 e. The van der Waals surface area contributed by atoms with Gasteiger partial charge < -0.3 is 9.64 Å². The zero-order valence-corrected chi connectivity index (χ0v) is 13.6. The van der Waals surface area contributed by atoms with Gasteiger partial charge in [0.1, 0.15) is 11.3 Å². The minimum absolute atomic E-state index is 0.00415. The average molecular weight is 323 g/mol. The average Bonchev–Trinajstić information content (AvgIpc) is 3.48. The van der Waals surface area contributed by atoms with E-state index in [1.54, 1.807) is 18.3 Å². The Morgan fingerprint density at radius 2 is 1.75 bits per heavy atom. The lowest BCUT2D eigenvalue weighted by atomic mass is 10.2. The molecule has 2 heterocycles. The lowest BCUT2D eigenvalue weighted by Crippen LogP contribution is -2.49. The van der Waals surface area contributed by atoms with Gasteiger partial charge in [0.15, 0.2) is 0 Å². The van der Waals surface area contributed by atoms with Crippen LogP contribution < -0.4 is 4.74 Å². The Balaban J connectivity index is 1.48. The van der Waals surface area contributed by atoms with Crippen molar-refractivity contribution >= 4 is 5.91 Å². The number of hydrogen-bond acceptors (Lipinski definition) is 4. The third-order valence-corrected chi connectivity index (χ3v) is 4.62. The minimum atomic E-state index is 0.00415. The maximum atomic E-state index is 12.9. The predicted octanol–water partition coefficient (Wildman–Crippen LogP) is 2.79. The first kappa shape index (κ1) is 15.1. The Labute approximate surface area is 141 Å². The zero-order valence-electron chi connectivity index (χ0n) is 13.6. The van der Waals surface area contributed by atoms with Gasteiger partial charge in [0, 0.05) is 38.4 Å². The van der Waals surface area contributed by atoms with Crippen molar-refractivity contribution in [3.8, 4) is 11.6 Å². The van der Waals surface area contributed by atoms with E-state index in [-0.39, 0.29) is 5.91 Å². The van der Waals surface area contributed by atoms with Gasteiger partial charge in [-0.05, 0) is 37.1 Å². The van der Waals surface area contributed by atoms with Crippen molar-refractivity contribution in [1.82, 2.24) is 14.8 Å². The Morgan fingerprint density at radius 1 is 1.00 bits per heavy atom. The van der Waals surface area contributed by atoms with Gasteiger partial charge in [-0.2, -0.15) is 0 Å². The second-order valence-corrected chi connectivity index (χ2v) is 6.33. The molecule has 1 aromatic heterocycles. The van der Waals surface area contributed by atoms with Crippen molar-refractivity contribution in [2.24, 2.45) is 0 Å². The minimum Gasteiger partial charge on any atom is -0.438 e. The van der Waals surface area contributed by atoms with Gasteiger partial charge in [0.25, 0.3) is 5.91 Å². The number of para-hydroxylation sites is 1. The molecule has 0 radical (unpaired) electrons. The molecule has 1 aliphatic heterocycles. The summed E-state index contributed by atoms with van der Waals surface area (Å²) in [5.74, 6) is 1.06. The van der Waals surface area contributed by atoms with Crippen LogP contribution in [0.4, 0.5) is 0 Å². The summed E-state index contributed by atoms with van der Waals surface area (Å²) in [6, 6.07) is 13.8. The van der Waals surface area contributed by atoms with E-state index < -0.39 is 0 Å². The number of carbonyl (C=O) groups is 1. The highest BCUT2D eigenvalue weighted by molar-refractivity contribution is 5.96. The SMILES string of the molecule is O=C(c1cccnc1Oc1ccccc1)N1CCN(C2CC2)CC1. The Kier molecular flexibility index (Phi) is 4.17. The zero-order chi connectivity index (χ0) is 16.4. The van der Waals surface area contributed by atoms with E-state index in [0.29, 0.717) is 17.2 Å². The molecule has 2 fully saturated rings. The van der Waals surface area contributed by atoms with Crippen molar-refractivity contribution < 1.29 is 9.53 Å². The molecule has 0 N–H and O–H groups in total. The van der Waals surface area contributed by atoms with Crippen LogP contribution in [-0.4, -0.2) is 52.9 Å². The number of ether oxygens (including phenoxy) is 1. The lowest BCUT2D eigenvalue weighted by molar-refractivity contribution is 0.0624. The first-order valence-corrected chi connectivity index (χ1v) is 8.52. The molecule has 1 saturated heterocycles. The van der Waals surface area contributed by atoms with Crippen LogP contribution in [0.3, 0.4) is 0 Å². The molecule has 1 aliphatic carbocycles.